The van der Waals surface area contributed by atoms with Crippen molar-refractivity contribution in [1.82, 2.24) is 9.97 Å². The molecule has 6 nitrogen and oxygen atoms in total. The van der Waals surface area contributed by atoms with Gasteiger partial charge in [-0.25, -0.2) is 4.98 Å². The highest BCUT2D eigenvalue weighted by atomic mass is 16.5. The summed E-state index contributed by atoms with van der Waals surface area (Å²) in [5, 5.41) is 0.495. The SMILES string of the molecule is CCCN(CCC)c1nc2cc(OC)c(OC)cc2c(=O)[nH]1. The molecule has 0 saturated carbocycles. The third-order valence-electron chi connectivity index (χ3n) is 3.48. The Balaban J connectivity index is 2.58. The molecule has 1 heterocycles. The van der Waals surface area contributed by atoms with E-state index in [2.05, 4.69) is 28.7 Å². The third kappa shape index (κ3) is 3.16. The van der Waals surface area contributed by atoms with E-state index in [1.165, 1.54) is 0 Å². The van der Waals surface area contributed by atoms with Gasteiger partial charge in [-0.1, -0.05) is 13.8 Å². The van der Waals surface area contributed by atoms with Crippen molar-refractivity contribution in [1.29, 1.82) is 0 Å². The molecule has 0 aliphatic rings. The quantitative estimate of drug-likeness (QED) is 0.851. The predicted molar refractivity (Wildman–Crippen MR) is 88.3 cm³/mol. The van der Waals surface area contributed by atoms with Crippen LogP contribution < -0.4 is 19.9 Å². The van der Waals surface area contributed by atoms with Crippen LogP contribution in [0.2, 0.25) is 0 Å². The number of aromatic amines is 1. The Bertz CT molecular complexity index is 691. The van der Waals surface area contributed by atoms with Gasteiger partial charge in [-0.05, 0) is 18.9 Å². The second-order valence-electron chi connectivity index (χ2n) is 5.10. The first kappa shape index (κ1) is 16.1. The van der Waals surface area contributed by atoms with Gasteiger partial charge in [-0.2, -0.15) is 0 Å². The Labute approximate surface area is 130 Å². The summed E-state index contributed by atoms with van der Waals surface area (Å²) in [6, 6.07) is 3.40. The van der Waals surface area contributed by atoms with Crippen molar-refractivity contribution in [2.45, 2.75) is 26.7 Å². The summed E-state index contributed by atoms with van der Waals surface area (Å²) >= 11 is 0. The van der Waals surface area contributed by atoms with Crippen LogP contribution in [0.25, 0.3) is 10.9 Å². The molecule has 6 heteroatoms. The molecule has 2 rings (SSSR count). The number of nitrogens with one attached hydrogen (secondary N) is 1. The summed E-state index contributed by atoms with van der Waals surface area (Å²) in [7, 11) is 3.11. The van der Waals surface area contributed by atoms with Crippen molar-refractivity contribution in [3.63, 3.8) is 0 Å². The highest BCUT2D eigenvalue weighted by molar-refractivity contribution is 5.82. The maximum Gasteiger partial charge on any atom is 0.260 e. The minimum Gasteiger partial charge on any atom is -0.493 e. The molecule has 0 atom stereocenters. The monoisotopic (exact) mass is 305 g/mol. The number of hydrogen-bond acceptors (Lipinski definition) is 5. The number of rotatable bonds is 7. The highest BCUT2D eigenvalue weighted by Crippen LogP contribution is 2.30. The van der Waals surface area contributed by atoms with E-state index in [4.69, 9.17) is 9.47 Å². The van der Waals surface area contributed by atoms with Crippen LogP contribution in [0.1, 0.15) is 26.7 Å². The van der Waals surface area contributed by atoms with E-state index in [1.807, 2.05) is 0 Å². The van der Waals surface area contributed by atoms with Gasteiger partial charge in [-0.15, -0.1) is 0 Å². The van der Waals surface area contributed by atoms with Gasteiger partial charge in [0.05, 0.1) is 25.1 Å². The summed E-state index contributed by atoms with van der Waals surface area (Å²) in [5.41, 5.74) is 0.437. The number of methoxy groups -OCH3 is 2. The van der Waals surface area contributed by atoms with E-state index in [1.54, 1.807) is 26.4 Å². The number of ether oxygens (including phenoxy) is 2. The van der Waals surface area contributed by atoms with E-state index >= 15 is 0 Å². The second-order valence-corrected chi connectivity index (χ2v) is 5.10. The van der Waals surface area contributed by atoms with Crippen LogP contribution in [0.15, 0.2) is 16.9 Å². The van der Waals surface area contributed by atoms with E-state index in [0.717, 1.165) is 25.9 Å². The number of H-pyrrole nitrogens is 1. The Hall–Kier alpha value is -2.24. The van der Waals surface area contributed by atoms with Crippen molar-refractivity contribution in [3.8, 4) is 11.5 Å². The minimum absolute atomic E-state index is 0.168. The zero-order valence-electron chi connectivity index (χ0n) is 13.6. The molecular weight excluding hydrogens is 282 g/mol. The van der Waals surface area contributed by atoms with Crippen LogP contribution in [0, 0.1) is 0 Å². The van der Waals surface area contributed by atoms with E-state index < -0.39 is 0 Å². The molecule has 1 aromatic carbocycles. The molecule has 0 unspecified atom stereocenters. The maximum absolute atomic E-state index is 12.4. The fourth-order valence-electron chi connectivity index (χ4n) is 2.47. The van der Waals surface area contributed by atoms with Crippen LogP contribution in [0.5, 0.6) is 11.5 Å². The average molecular weight is 305 g/mol. The van der Waals surface area contributed by atoms with Crippen molar-refractivity contribution in [2.24, 2.45) is 0 Å². The van der Waals surface area contributed by atoms with Crippen molar-refractivity contribution in [2.75, 3.05) is 32.2 Å². The molecule has 0 spiro atoms. The van der Waals surface area contributed by atoms with Gasteiger partial charge in [0.15, 0.2) is 11.5 Å². The Morgan fingerprint density at radius 2 is 1.68 bits per heavy atom. The Morgan fingerprint density at radius 3 is 2.23 bits per heavy atom. The first-order valence-corrected chi connectivity index (χ1v) is 7.55. The topological polar surface area (TPSA) is 67.5 Å². The zero-order valence-corrected chi connectivity index (χ0v) is 13.6. The molecule has 0 bridgehead atoms. The number of fused-ring (bicyclic) bond motifs is 1. The fraction of sp³-hybridized carbons (Fsp3) is 0.500. The van der Waals surface area contributed by atoms with Gasteiger partial charge < -0.3 is 14.4 Å². The van der Waals surface area contributed by atoms with Gasteiger partial charge in [0.25, 0.3) is 5.56 Å². The highest BCUT2D eigenvalue weighted by Gasteiger charge is 2.13. The molecule has 0 aliphatic carbocycles. The summed E-state index contributed by atoms with van der Waals surface area (Å²) in [4.78, 5) is 21.9. The number of aromatic nitrogens is 2. The third-order valence-corrected chi connectivity index (χ3v) is 3.48. The lowest BCUT2D eigenvalue weighted by atomic mass is 10.2. The molecule has 1 aromatic heterocycles. The lowest BCUT2D eigenvalue weighted by molar-refractivity contribution is 0.355. The lowest BCUT2D eigenvalue weighted by Gasteiger charge is -2.22. The van der Waals surface area contributed by atoms with Gasteiger partial charge in [0.2, 0.25) is 5.95 Å². The number of benzene rings is 1. The van der Waals surface area contributed by atoms with Gasteiger partial charge in [-0.3, -0.25) is 9.78 Å². The smallest absolute Gasteiger partial charge is 0.260 e. The van der Waals surface area contributed by atoms with Crippen LogP contribution in [0.3, 0.4) is 0 Å². The van der Waals surface area contributed by atoms with Crippen molar-refractivity contribution < 1.29 is 9.47 Å². The van der Waals surface area contributed by atoms with Gasteiger partial charge in [0.1, 0.15) is 0 Å². The van der Waals surface area contributed by atoms with Gasteiger partial charge >= 0.3 is 0 Å². The second kappa shape index (κ2) is 7.15. The first-order valence-electron chi connectivity index (χ1n) is 7.55. The Morgan fingerprint density at radius 1 is 1.09 bits per heavy atom. The van der Waals surface area contributed by atoms with Gasteiger partial charge in [0, 0.05) is 19.2 Å². The molecule has 0 saturated heterocycles. The molecule has 0 fully saturated rings. The standard InChI is InChI=1S/C16H23N3O3/c1-5-7-19(8-6-2)16-17-12-10-14(22-4)13(21-3)9-11(12)15(20)18-16/h9-10H,5-8H2,1-4H3,(H,17,18,20). The molecule has 120 valence electrons. The van der Waals surface area contributed by atoms with Crippen LogP contribution in [0.4, 0.5) is 5.95 Å². The van der Waals surface area contributed by atoms with Crippen molar-refractivity contribution >= 4 is 16.9 Å². The first-order chi connectivity index (χ1) is 10.6. The van der Waals surface area contributed by atoms with E-state index in [9.17, 15) is 4.79 Å². The molecule has 0 radical (unpaired) electrons. The normalized spacial score (nSPS) is 10.7. The summed E-state index contributed by atoms with van der Waals surface area (Å²) in [6.45, 7) is 5.93. The number of anilines is 1. The summed E-state index contributed by atoms with van der Waals surface area (Å²) < 4.78 is 10.5. The minimum atomic E-state index is -0.168. The summed E-state index contributed by atoms with van der Waals surface area (Å²) in [5.74, 6) is 1.69. The van der Waals surface area contributed by atoms with Crippen LogP contribution in [-0.4, -0.2) is 37.3 Å². The van der Waals surface area contributed by atoms with Crippen LogP contribution >= 0.6 is 0 Å². The summed E-state index contributed by atoms with van der Waals surface area (Å²) in [6.07, 6.45) is 1.99. The Kier molecular flexibility index (Phi) is 5.25. The molecular formula is C16H23N3O3. The fourth-order valence-corrected chi connectivity index (χ4v) is 2.47. The largest absolute Gasteiger partial charge is 0.493 e. The van der Waals surface area contributed by atoms with Crippen molar-refractivity contribution in [3.05, 3.63) is 22.5 Å². The predicted octanol–water partition coefficient (Wildman–Crippen LogP) is 2.57. The van der Waals surface area contributed by atoms with Crippen LogP contribution in [-0.2, 0) is 0 Å². The average Bonchev–Trinajstić information content (AvgIpc) is 2.53. The molecule has 2 aromatic rings. The molecule has 1 N–H and O–H groups in total. The lowest BCUT2D eigenvalue weighted by Crippen LogP contribution is -2.29. The molecule has 0 amide bonds. The molecule has 0 aliphatic heterocycles. The maximum atomic E-state index is 12.4. The molecule has 22 heavy (non-hydrogen) atoms. The number of hydrogen-bond donors (Lipinski definition) is 1. The van der Waals surface area contributed by atoms with E-state index in [0.29, 0.717) is 28.4 Å². The number of nitrogens with zero attached hydrogens (tertiary/aromatic N) is 2. The van der Waals surface area contributed by atoms with E-state index in [-0.39, 0.29) is 5.56 Å². The zero-order chi connectivity index (χ0) is 16.1.